The Bertz CT molecular complexity index is 703. The maximum atomic E-state index is 11.0. The zero-order valence-corrected chi connectivity index (χ0v) is 21.3. The molecule has 0 aliphatic heterocycles. The Kier molecular flexibility index (Phi) is 19.9. The van der Waals surface area contributed by atoms with E-state index in [0.717, 1.165) is 17.3 Å². The molecule has 2 aromatic heterocycles. The maximum Gasteiger partial charge on any atom is 1.00 e. The summed E-state index contributed by atoms with van der Waals surface area (Å²) in [5.41, 5.74) is 1.67. The molecule has 0 aliphatic carbocycles. The average Bonchev–Trinajstić information content (AvgIpc) is 2.67. The zero-order valence-electron chi connectivity index (χ0n) is 15.4. The standard InChI is InChI=1S/C8H8BrNO2.C7H5BrClNO2.CH3O.CH4.Na/c1-5-7(9)3-6(4-10-5)8(11)12-2;1-12-7(11)4-2-5(8)6(9)10-3-4;1-2;;/h3-4H,1-2H3;2-3H,1H3;1H3;1H4;/q;;-1;;+1. The van der Waals surface area contributed by atoms with Crippen molar-refractivity contribution in [3.63, 3.8) is 0 Å². The van der Waals surface area contributed by atoms with Crippen LogP contribution in [0.3, 0.4) is 0 Å². The normalized spacial score (nSPS) is 8.43. The number of hydrogen-bond acceptors (Lipinski definition) is 7. The number of halogens is 3. The predicted octanol–water partition coefficient (Wildman–Crippen LogP) is 0.840. The number of methoxy groups -OCH3 is 2. The number of carbonyl (C=O) groups is 2. The van der Waals surface area contributed by atoms with E-state index in [1.54, 1.807) is 12.1 Å². The van der Waals surface area contributed by atoms with E-state index < -0.39 is 5.97 Å². The first-order chi connectivity index (χ1) is 12.3. The Hall–Kier alpha value is -0.550. The predicted molar refractivity (Wildman–Crippen MR) is 109 cm³/mol. The summed E-state index contributed by atoms with van der Waals surface area (Å²) in [7, 11) is 3.40. The maximum absolute atomic E-state index is 11.0. The molecular weight excluding hydrogens is 530 g/mol. The van der Waals surface area contributed by atoms with E-state index in [4.69, 9.17) is 16.7 Å². The van der Waals surface area contributed by atoms with Crippen LogP contribution in [0, 0.1) is 6.92 Å². The van der Waals surface area contributed by atoms with Crippen LogP contribution in [0.4, 0.5) is 0 Å². The molecule has 7 nitrogen and oxygen atoms in total. The van der Waals surface area contributed by atoms with Gasteiger partial charge in [0.25, 0.3) is 0 Å². The van der Waals surface area contributed by atoms with E-state index >= 15 is 0 Å². The van der Waals surface area contributed by atoms with Crippen molar-refractivity contribution in [1.29, 1.82) is 0 Å². The summed E-state index contributed by atoms with van der Waals surface area (Å²) in [6.07, 6.45) is 2.85. The molecule has 0 radical (unpaired) electrons. The van der Waals surface area contributed by atoms with Crippen molar-refractivity contribution < 1.29 is 53.7 Å². The molecule has 11 heteroatoms. The minimum Gasteiger partial charge on any atom is -0.857 e. The molecule has 0 fully saturated rings. The molecule has 0 atom stereocenters. The van der Waals surface area contributed by atoms with Crippen LogP contribution < -0.4 is 34.7 Å². The van der Waals surface area contributed by atoms with Crippen molar-refractivity contribution in [2.75, 3.05) is 21.3 Å². The van der Waals surface area contributed by atoms with Crippen LogP contribution in [0.5, 0.6) is 0 Å². The van der Waals surface area contributed by atoms with Crippen LogP contribution in [0.2, 0.25) is 5.15 Å². The second-order valence-electron chi connectivity index (χ2n) is 4.27. The van der Waals surface area contributed by atoms with Crippen molar-refractivity contribution in [1.82, 2.24) is 9.97 Å². The summed E-state index contributed by atoms with van der Waals surface area (Å²) in [6, 6.07) is 3.25. The summed E-state index contributed by atoms with van der Waals surface area (Å²) in [4.78, 5) is 29.7. The van der Waals surface area contributed by atoms with Gasteiger partial charge in [-0.2, -0.15) is 7.11 Å². The number of ether oxygens (including phenoxy) is 2. The Morgan fingerprint density at radius 1 is 0.964 bits per heavy atom. The molecule has 2 aromatic rings. The molecule has 0 N–H and O–H groups in total. The van der Waals surface area contributed by atoms with Gasteiger partial charge in [0.15, 0.2) is 0 Å². The van der Waals surface area contributed by atoms with Gasteiger partial charge >= 0.3 is 41.5 Å². The molecule has 0 aromatic carbocycles. The van der Waals surface area contributed by atoms with E-state index in [2.05, 4.69) is 51.3 Å². The molecule has 0 saturated heterocycles. The molecule has 150 valence electrons. The van der Waals surface area contributed by atoms with E-state index in [1.165, 1.54) is 26.6 Å². The van der Waals surface area contributed by atoms with Crippen molar-refractivity contribution in [3.05, 3.63) is 55.4 Å². The fourth-order valence-corrected chi connectivity index (χ4v) is 2.19. The SMILES string of the molecule is C.COC(=O)c1cnc(C)c(Br)c1.COC(=O)c1cnc(Cl)c(Br)c1.C[O-].[Na+]. The monoisotopic (exact) mass is 548 g/mol. The number of carbonyl (C=O) groups excluding carboxylic acids is 2. The third-order valence-electron chi connectivity index (χ3n) is 2.66. The number of nitrogens with zero attached hydrogens (tertiary/aromatic N) is 2. The van der Waals surface area contributed by atoms with Gasteiger partial charge in [0.05, 0.1) is 35.5 Å². The van der Waals surface area contributed by atoms with Gasteiger partial charge in [0.2, 0.25) is 0 Å². The topological polar surface area (TPSA) is 101 Å². The van der Waals surface area contributed by atoms with Gasteiger partial charge in [-0.3, -0.25) is 4.98 Å². The summed E-state index contributed by atoms with van der Waals surface area (Å²) in [5.74, 6) is -0.803. The molecule has 2 heterocycles. The first-order valence-electron chi connectivity index (χ1n) is 6.80. The van der Waals surface area contributed by atoms with E-state index in [-0.39, 0.29) is 43.0 Å². The van der Waals surface area contributed by atoms with Gasteiger partial charge < -0.3 is 14.6 Å². The van der Waals surface area contributed by atoms with Gasteiger partial charge in [-0.1, -0.05) is 19.0 Å². The summed E-state index contributed by atoms with van der Waals surface area (Å²) < 4.78 is 10.4. The van der Waals surface area contributed by atoms with E-state index in [0.29, 0.717) is 20.8 Å². The number of aryl methyl sites for hydroxylation is 1. The Morgan fingerprint density at radius 3 is 1.71 bits per heavy atom. The van der Waals surface area contributed by atoms with Crippen molar-refractivity contribution >= 4 is 55.4 Å². The van der Waals surface area contributed by atoms with Crippen molar-refractivity contribution in [2.24, 2.45) is 0 Å². The minimum absolute atomic E-state index is 0. The van der Waals surface area contributed by atoms with Gasteiger partial charge in [-0.15, -0.1) is 0 Å². The summed E-state index contributed by atoms with van der Waals surface area (Å²) in [5, 5.41) is 8.57. The molecule has 0 amide bonds. The number of aromatic nitrogens is 2. The Labute approximate surface area is 208 Å². The minimum atomic E-state index is -0.431. The fourth-order valence-electron chi connectivity index (χ4n) is 1.39. The van der Waals surface area contributed by atoms with Crippen LogP contribution >= 0.6 is 43.5 Å². The smallest absolute Gasteiger partial charge is 0.857 e. The zero-order chi connectivity index (χ0) is 20.3. The molecule has 0 unspecified atom stereocenters. The quantitative estimate of drug-likeness (QED) is 0.310. The number of rotatable bonds is 2. The van der Waals surface area contributed by atoms with Crippen molar-refractivity contribution in [2.45, 2.75) is 14.4 Å². The van der Waals surface area contributed by atoms with Gasteiger partial charge in [0.1, 0.15) is 5.15 Å². The Morgan fingerprint density at radius 2 is 1.36 bits per heavy atom. The third-order valence-corrected chi connectivity index (χ3v) is 4.60. The van der Waals surface area contributed by atoms with Gasteiger partial charge in [-0.25, -0.2) is 14.6 Å². The Balaban J connectivity index is -0.000000385. The largest absolute Gasteiger partial charge is 1.00 e. The summed E-state index contributed by atoms with van der Waals surface area (Å²) >= 11 is 12.0. The summed E-state index contributed by atoms with van der Waals surface area (Å²) in [6.45, 7) is 1.85. The first-order valence-corrected chi connectivity index (χ1v) is 8.77. The third kappa shape index (κ3) is 10.8. The fraction of sp³-hybridized carbons (Fsp3) is 0.294. The van der Waals surface area contributed by atoms with Crippen LogP contribution in [0.25, 0.3) is 0 Å². The molecule has 2 rings (SSSR count). The van der Waals surface area contributed by atoms with Gasteiger partial charge in [-0.05, 0) is 50.9 Å². The molecule has 0 spiro atoms. The number of esters is 2. The van der Waals surface area contributed by atoms with Crippen molar-refractivity contribution in [3.8, 4) is 0 Å². The molecular formula is C17H20Br2ClN2NaO5. The second kappa shape index (κ2) is 17.3. The van der Waals surface area contributed by atoms with E-state index in [1.807, 2.05) is 6.92 Å². The van der Waals surface area contributed by atoms with Crippen LogP contribution in [0.1, 0.15) is 33.8 Å². The average molecular weight is 551 g/mol. The van der Waals surface area contributed by atoms with E-state index in [9.17, 15) is 9.59 Å². The van der Waals surface area contributed by atoms with Crippen LogP contribution in [-0.2, 0) is 9.47 Å². The molecule has 0 aliphatic rings. The second-order valence-corrected chi connectivity index (χ2v) is 6.34. The van der Waals surface area contributed by atoms with Gasteiger partial charge in [0, 0.05) is 16.9 Å². The number of hydrogen-bond donors (Lipinski definition) is 0. The number of pyridine rings is 2. The molecule has 28 heavy (non-hydrogen) atoms. The molecule has 0 saturated carbocycles. The van der Waals surface area contributed by atoms with Crippen LogP contribution in [0.15, 0.2) is 33.5 Å². The molecule has 0 bridgehead atoms. The van der Waals surface area contributed by atoms with Crippen LogP contribution in [-0.4, -0.2) is 43.2 Å². The first kappa shape index (κ1) is 32.1.